The molecular formula is C18H17ClN4O3. The molecule has 3 aromatic rings. The molecule has 0 radical (unpaired) electrons. The Morgan fingerprint density at radius 1 is 1.19 bits per heavy atom. The number of rotatable bonds is 5. The highest BCUT2D eigenvalue weighted by molar-refractivity contribution is 6.31. The van der Waals surface area contributed by atoms with Crippen molar-refractivity contribution in [1.82, 2.24) is 10.1 Å². The zero-order valence-corrected chi connectivity index (χ0v) is 15.2. The molecule has 7 nitrogen and oxygen atoms in total. The number of amides is 1. The molecule has 1 aromatic carbocycles. The summed E-state index contributed by atoms with van der Waals surface area (Å²) in [5.74, 6) is 1.38. The number of nitrogens with zero attached hydrogens (tertiary/aromatic N) is 2. The van der Waals surface area contributed by atoms with E-state index in [2.05, 4.69) is 20.8 Å². The topological polar surface area (TPSA) is 89.3 Å². The molecule has 2 aromatic heterocycles. The van der Waals surface area contributed by atoms with Crippen LogP contribution >= 0.6 is 11.6 Å². The normalized spacial score (nSPS) is 10.5. The predicted octanol–water partition coefficient (Wildman–Crippen LogP) is 4.34. The van der Waals surface area contributed by atoms with Crippen LogP contribution < -0.4 is 15.4 Å². The highest BCUT2D eigenvalue weighted by atomic mass is 35.5. The highest BCUT2D eigenvalue weighted by Crippen LogP contribution is 2.31. The molecule has 0 aliphatic rings. The van der Waals surface area contributed by atoms with E-state index in [1.807, 2.05) is 6.92 Å². The average molecular weight is 373 g/mol. The Balaban J connectivity index is 1.80. The van der Waals surface area contributed by atoms with E-state index >= 15 is 0 Å². The number of carbonyl (C=O) groups excluding carboxylic acids is 1. The summed E-state index contributed by atoms with van der Waals surface area (Å²) in [5, 5.41) is 10.3. The van der Waals surface area contributed by atoms with E-state index in [0.717, 1.165) is 5.56 Å². The molecule has 0 unspecified atom stereocenters. The Morgan fingerprint density at radius 2 is 2.00 bits per heavy atom. The maximum atomic E-state index is 12.6. The van der Waals surface area contributed by atoms with Gasteiger partial charge >= 0.3 is 0 Å². The Morgan fingerprint density at radius 3 is 2.69 bits per heavy atom. The first-order chi connectivity index (χ1) is 12.5. The van der Waals surface area contributed by atoms with Crippen molar-refractivity contribution in [1.29, 1.82) is 0 Å². The average Bonchev–Trinajstić information content (AvgIpc) is 3.03. The quantitative estimate of drug-likeness (QED) is 0.692. The lowest BCUT2D eigenvalue weighted by Crippen LogP contribution is -2.13. The van der Waals surface area contributed by atoms with Gasteiger partial charge in [-0.05, 0) is 31.5 Å². The van der Waals surface area contributed by atoms with Gasteiger partial charge in [-0.2, -0.15) is 0 Å². The molecule has 0 aliphatic heterocycles. The lowest BCUT2D eigenvalue weighted by molar-refractivity contribution is 0.102. The van der Waals surface area contributed by atoms with Crippen LogP contribution in [-0.2, 0) is 0 Å². The summed E-state index contributed by atoms with van der Waals surface area (Å²) >= 11 is 6.09. The van der Waals surface area contributed by atoms with E-state index < -0.39 is 0 Å². The minimum Gasteiger partial charge on any atom is -0.495 e. The third-order valence-corrected chi connectivity index (χ3v) is 4.04. The number of benzene rings is 1. The number of nitrogens with one attached hydrogen (secondary N) is 2. The minimum atomic E-state index is -0.322. The Labute approximate surface area is 155 Å². The van der Waals surface area contributed by atoms with Crippen LogP contribution in [0.1, 0.15) is 21.7 Å². The lowest BCUT2D eigenvalue weighted by atomic mass is 10.2. The maximum absolute atomic E-state index is 12.6. The molecule has 3 rings (SSSR count). The number of hydrogen-bond donors (Lipinski definition) is 2. The summed E-state index contributed by atoms with van der Waals surface area (Å²) in [6.45, 7) is 3.64. The Bertz CT molecular complexity index is 955. The van der Waals surface area contributed by atoms with Crippen molar-refractivity contribution >= 4 is 34.7 Å². The number of halogens is 1. The zero-order chi connectivity index (χ0) is 18.7. The van der Waals surface area contributed by atoms with Crippen LogP contribution in [0.3, 0.4) is 0 Å². The second kappa shape index (κ2) is 7.45. The summed E-state index contributed by atoms with van der Waals surface area (Å²) in [5.41, 5.74) is 2.36. The van der Waals surface area contributed by atoms with Crippen LogP contribution in [0.25, 0.3) is 0 Å². The van der Waals surface area contributed by atoms with Crippen molar-refractivity contribution < 1.29 is 14.1 Å². The molecule has 0 spiro atoms. The van der Waals surface area contributed by atoms with Crippen LogP contribution in [0.2, 0.25) is 5.02 Å². The smallest absolute Gasteiger partial charge is 0.257 e. The van der Waals surface area contributed by atoms with Gasteiger partial charge in [0.2, 0.25) is 0 Å². The van der Waals surface area contributed by atoms with Crippen LogP contribution in [0.15, 0.2) is 41.2 Å². The summed E-state index contributed by atoms with van der Waals surface area (Å²) in [6.07, 6.45) is 3.07. The summed E-state index contributed by atoms with van der Waals surface area (Å²) < 4.78 is 10.3. The van der Waals surface area contributed by atoms with Crippen molar-refractivity contribution in [2.75, 3.05) is 17.7 Å². The zero-order valence-electron chi connectivity index (χ0n) is 14.5. The van der Waals surface area contributed by atoms with Crippen molar-refractivity contribution in [3.63, 3.8) is 0 Å². The van der Waals surface area contributed by atoms with Crippen molar-refractivity contribution in [2.45, 2.75) is 13.8 Å². The fourth-order valence-corrected chi connectivity index (χ4v) is 2.48. The molecule has 0 atom stereocenters. The largest absolute Gasteiger partial charge is 0.495 e. The van der Waals surface area contributed by atoms with Crippen LogP contribution in [0.4, 0.5) is 17.2 Å². The van der Waals surface area contributed by atoms with Gasteiger partial charge in [-0.3, -0.25) is 9.78 Å². The fourth-order valence-electron chi connectivity index (χ4n) is 2.33. The molecule has 26 heavy (non-hydrogen) atoms. The number of aryl methyl sites for hydroxylation is 2. The predicted molar refractivity (Wildman–Crippen MR) is 99.5 cm³/mol. The number of anilines is 3. The van der Waals surface area contributed by atoms with Gasteiger partial charge in [-0.25, -0.2) is 0 Å². The molecular weight excluding hydrogens is 356 g/mol. The molecule has 1 amide bonds. The van der Waals surface area contributed by atoms with Crippen LogP contribution in [0.5, 0.6) is 5.75 Å². The third-order valence-electron chi connectivity index (χ3n) is 3.63. The Kier molecular flexibility index (Phi) is 5.09. The van der Waals surface area contributed by atoms with Gasteiger partial charge in [0, 0.05) is 23.4 Å². The Hall–Kier alpha value is -3.06. The summed E-state index contributed by atoms with van der Waals surface area (Å²) in [4.78, 5) is 16.7. The van der Waals surface area contributed by atoms with Crippen molar-refractivity contribution in [2.24, 2.45) is 0 Å². The maximum Gasteiger partial charge on any atom is 0.257 e. The van der Waals surface area contributed by atoms with Gasteiger partial charge in [0.15, 0.2) is 5.82 Å². The first-order valence-electron chi connectivity index (χ1n) is 7.77. The fraction of sp³-hybridized carbons (Fsp3) is 0.167. The SMILES string of the molecule is COc1cc(Cl)c(C)cc1NC(=O)c1cncc(Nc2cc(C)on2)c1. The van der Waals surface area contributed by atoms with E-state index in [1.54, 1.807) is 37.4 Å². The molecule has 0 saturated carbocycles. The van der Waals surface area contributed by atoms with E-state index in [9.17, 15) is 4.79 Å². The van der Waals surface area contributed by atoms with E-state index in [1.165, 1.54) is 13.3 Å². The van der Waals surface area contributed by atoms with E-state index in [0.29, 0.717) is 39.3 Å². The molecule has 0 bridgehead atoms. The third kappa shape index (κ3) is 3.94. The van der Waals surface area contributed by atoms with Gasteiger partial charge in [-0.15, -0.1) is 0 Å². The van der Waals surface area contributed by atoms with Gasteiger partial charge in [-0.1, -0.05) is 16.8 Å². The second-order valence-electron chi connectivity index (χ2n) is 5.67. The number of aromatic nitrogens is 2. The molecule has 2 heterocycles. The lowest BCUT2D eigenvalue weighted by Gasteiger charge is -2.12. The number of pyridine rings is 1. The van der Waals surface area contributed by atoms with Crippen molar-refractivity contribution in [3.8, 4) is 5.75 Å². The van der Waals surface area contributed by atoms with Crippen LogP contribution in [-0.4, -0.2) is 23.2 Å². The summed E-state index contributed by atoms with van der Waals surface area (Å²) in [7, 11) is 1.52. The molecule has 0 saturated heterocycles. The highest BCUT2D eigenvalue weighted by Gasteiger charge is 2.13. The van der Waals surface area contributed by atoms with Gasteiger partial charge < -0.3 is 19.9 Å². The van der Waals surface area contributed by atoms with Crippen molar-refractivity contribution in [3.05, 3.63) is 58.6 Å². The second-order valence-corrected chi connectivity index (χ2v) is 6.07. The van der Waals surface area contributed by atoms with Gasteiger partial charge in [0.25, 0.3) is 5.91 Å². The monoisotopic (exact) mass is 372 g/mol. The number of methoxy groups -OCH3 is 1. The molecule has 134 valence electrons. The number of carbonyl (C=O) groups is 1. The number of hydrogen-bond acceptors (Lipinski definition) is 6. The first-order valence-corrected chi connectivity index (χ1v) is 8.15. The van der Waals surface area contributed by atoms with Crippen LogP contribution in [0, 0.1) is 13.8 Å². The summed E-state index contributed by atoms with van der Waals surface area (Å²) in [6, 6.07) is 6.83. The molecule has 2 N–H and O–H groups in total. The van der Waals surface area contributed by atoms with E-state index in [4.69, 9.17) is 20.9 Å². The van der Waals surface area contributed by atoms with E-state index in [-0.39, 0.29) is 5.91 Å². The molecule has 8 heteroatoms. The molecule has 0 aliphatic carbocycles. The molecule has 0 fully saturated rings. The van der Waals surface area contributed by atoms with Gasteiger partial charge in [0.05, 0.1) is 30.2 Å². The first kappa shape index (κ1) is 17.8. The number of ether oxygens (including phenoxy) is 1. The standard InChI is InChI=1S/C18H17ClN4O3/c1-10-4-15(16(25-3)7-14(10)19)22-18(24)12-6-13(9-20-8-12)21-17-5-11(2)26-23-17/h4-9H,1-3H3,(H,21,23)(H,22,24). The van der Waals surface area contributed by atoms with Gasteiger partial charge in [0.1, 0.15) is 11.5 Å². The minimum absolute atomic E-state index is 0.322.